The van der Waals surface area contributed by atoms with Crippen LogP contribution in [0.5, 0.6) is 0 Å². The molecule has 1 aliphatic carbocycles. The molecule has 0 saturated heterocycles. The van der Waals surface area contributed by atoms with E-state index in [-0.39, 0.29) is 17.5 Å². The van der Waals surface area contributed by atoms with Gasteiger partial charge in [-0.2, -0.15) is 0 Å². The van der Waals surface area contributed by atoms with Gasteiger partial charge in [-0.3, -0.25) is 9.59 Å². The Morgan fingerprint density at radius 1 is 1.10 bits per heavy atom. The van der Waals surface area contributed by atoms with Crippen LogP contribution >= 0.6 is 11.6 Å². The molecule has 1 saturated carbocycles. The summed E-state index contributed by atoms with van der Waals surface area (Å²) in [6.07, 6.45) is 0.143. The molecule has 3 atom stereocenters. The molecule has 29 heavy (non-hydrogen) atoms. The van der Waals surface area contributed by atoms with Crippen LogP contribution in [0.2, 0.25) is 5.02 Å². The summed E-state index contributed by atoms with van der Waals surface area (Å²) in [5, 5.41) is 23.6. The van der Waals surface area contributed by atoms with Gasteiger partial charge in [0, 0.05) is 36.5 Å². The summed E-state index contributed by atoms with van der Waals surface area (Å²) in [4.78, 5) is 37.7. The summed E-state index contributed by atoms with van der Waals surface area (Å²) < 4.78 is 0. The summed E-state index contributed by atoms with van der Waals surface area (Å²) in [6.45, 7) is 0. The molecule has 9 nitrogen and oxygen atoms in total. The second-order valence-corrected chi connectivity index (χ2v) is 7.75. The lowest BCUT2D eigenvalue weighted by atomic mass is 9.81. The van der Waals surface area contributed by atoms with Crippen molar-refractivity contribution in [3.8, 4) is 0 Å². The van der Waals surface area contributed by atoms with Crippen molar-refractivity contribution in [2.45, 2.75) is 31.3 Å². The Bertz CT molecular complexity index is 951. The van der Waals surface area contributed by atoms with Gasteiger partial charge in [0.15, 0.2) is 5.69 Å². The average molecular weight is 420 g/mol. The highest BCUT2D eigenvalue weighted by atomic mass is 35.5. The van der Waals surface area contributed by atoms with Crippen LogP contribution in [0.15, 0.2) is 24.3 Å². The molecule has 1 aromatic heterocycles. The van der Waals surface area contributed by atoms with E-state index in [1.165, 1.54) is 4.90 Å². The minimum absolute atomic E-state index is 0.0500. The van der Waals surface area contributed by atoms with Gasteiger partial charge >= 0.3 is 6.09 Å². The van der Waals surface area contributed by atoms with Gasteiger partial charge in [-0.05, 0) is 37.5 Å². The number of nitrogens with one attached hydrogen (secondary N) is 2. The normalized spacial score (nSPS) is 21.4. The highest BCUT2D eigenvalue weighted by Crippen LogP contribution is 2.26. The standard InChI is InChI=1S/C19H22ClN5O4/c1-25(2)18(27)11-4-6-13(15(8-11)22-19(28)29)21-17(26)16-7-10-3-5-12(20)9-14(10)23-24-16/h3,5,7,9,11,13,15,22H,4,6,8H2,1-2H3,(H,21,26)(H,28,29)/t11-,13-,15+/m0/s1. The molecule has 10 heteroatoms. The second kappa shape index (κ2) is 8.60. The predicted octanol–water partition coefficient (Wildman–Crippen LogP) is 1.91. The molecular formula is C19H22ClN5O4. The Hall–Kier alpha value is -2.94. The molecule has 2 aromatic rings. The zero-order valence-electron chi connectivity index (χ0n) is 16.1. The van der Waals surface area contributed by atoms with Crippen molar-refractivity contribution in [2.24, 2.45) is 5.92 Å². The number of carbonyl (C=O) groups excluding carboxylic acids is 2. The number of hydrogen-bond donors (Lipinski definition) is 3. The van der Waals surface area contributed by atoms with E-state index in [1.807, 2.05) is 0 Å². The molecule has 154 valence electrons. The molecular weight excluding hydrogens is 398 g/mol. The Morgan fingerprint density at radius 2 is 1.86 bits per heavy atom. The number of amides is 3. The molecule has 0 bridgehead atoms. The van der Waals surface area contributed by atoms with Crippen molar-refractivity contribution < 1.29 is 19.5 Å². The van der Waals surface area contributed by atoms with E-state index >= 15 is 0 Å². The first kappa shape index (κ1) is 20.8. The lowest BCUT2D eigenvalue weighted by molar-refractivity contribution is -0.134. The molecule has 3 amide bonds. The summed E-state index contributed by atoms with van der Waals surface area (Å²) >= 11 is 5.93. The van der Waals surface area contributed by atoms with Crippen molar-refractivity contribution in [1.82, 2.24) is 25.7 Å². The van der Waals surface area contributed by atoms with E-state index < -0.39 is 24.1 Å². The third-order valence-corrected chi connectivity index (χ3v) is 5.28. The maximum atomic E-state index is 12.7. The van der Waals surface area contributed by atoms with Crippen molar-refractivity contribution >= 4 is 40.4 Å². The van der Waals surface area contributed by atoms with Gasteiger partial charge in [-0.1, -0.05) is 17.7 Å². The molecule has 0 radical (unpaired) electrons. The fraction of sp³-hybridized carbons (Fsp3) is 0.421. The molecule has 1 aliphatic rings. The summed E-state index contributed by atoms with van der Waals surface area (Å²) in [5.41, 5.74) is 0.697. The van der Waals surface area contributed by atoms with Crippen LogP contribution in [0, 0.1) is 5.92 Å². The molecule has 1 aromatic carbocycles. The summed E-state index contributed by atoms with van der Waals surface area (Å²) in [5.74, 6) is -0.792. The highest BCUT2D eigenvalue weighted by Gasteiger charge is 2.36. The average Bonchev–Trinajstić information content (AvgIpc) is 2.67. The fourth-order valence-corrected chi connectivity index (χ4v) is 3.78. The van der Waals surface area contributed by atoms with Crippen molar-refractivity contribution in [2.75, 3.05) is 14.1 Å². The summed E-state index contributed by atoms with van der Waals surface area (Å²) in [6, 6.07) is 5.67. The van der Waals surface area contributed by atoms with Crippen LogP contribution in [0.3, 0.4) is 0 Å². The van der Waals surface area contributed by atoms with E-state index in [0.29, 0.717) is 29.8 Å². The third-order valence-electron chi connectivity index (χ3n) is 5.05. The fourth-order valence-electron chi connectivity index (χ4n) is 3.61. The second-order valence-electron chi connectivity index (χ2n) is 7.31. The van der Waals surface area contributed by atoms with E-state index in [2.05, 4.69) is 20.8 Å². The predicted molar refractivity (Wildman–Crippen MR) is 107 cm³/mol. The quantitative estimate of drug-likeness (QED) is 0.695. The zero-order chi connectivity index (χ0) is 21.1. The highest BCUT2D eigenvalue weighted by molar-refractivity contribution is 6.31. The smallest absolute Gasteiger partial charge is 0.404 e. The number of fused-ring (bicyclic) bond motifs is 1. The molecule has 1 fully saturated rings. The Labute approximate surface area is 172 Å². The van der Waals surface area contributed by atoms with Crippen molar-refractivity contribution in [3.05, 3.63) is 35.0 Å². The lowest BCUT2D eigenvalue weighted by Gasteiger charge is -2.36. The molecule has 0 aliphatic heterocycles. The van der Waals surface area contributed by atoms with Gasteiger partial charge < -0.3 is 20.6 Å². The molecule has 1 heterocycles. The number of rotatable bonds is 4. The Balaban J connectivity index is 1.74. The molecule has 3 rings (SSSR count). The lowest BCUT2D eigenvalue weighted by Crippen LogP contribution is -2.55. The molecule has 0 unspecified atom stereocenters. The molecule has 0 spiro atoms. The van der Waals surface area contributed by atoms with Crippen LogP contribution in [-0.2, 0) is 4.79 Å². The van der Waals surface area contributed by atoms with E-state index in [4.69, 9.17) is 16.7 Å². The molecule has 3 N–H and O–H groups in total. The topological polar surface area (TPSA) is 125 Å². The Morgan fingerprint density at radius 3 is 2.55 bits per heavy atom. The van der Waals surface area contributed by atoms with Crippen molar-refractivity contribution in [3.63, 3.8) is 0 Å². The maximum Gasteiger partial charge on any atom is 0.404 e. The number of carboxylic acid groups (broad SMARTS) is 1. The number of benzene rings is 1. The number of carbonyl (C=O) groups is 3. The van der Waals surface area contributed by atoms with Gasteiger partial charge in [-0.25, -0.2) is 4.79 Å². The van der Waals surface area contributed by atoms with Gasteiger partial charge in [0.05, 0.1) is 11.6 Å². The first-order valence-electron chi connectivity index (χ1n) is 9.19. The van der Waals surface area contributed by atoms with Crippen LogP contribution in [0.1, 0.15) is 29.8 Å². The first-order valence-corrected chi connectivity index (χ1v) is 9.57. The van der Waals surface area contributed by atoms with Crippen LogP contribution in [0.4, 0.5) is 4.79 Å². The minimum Gasteiger partial charge on any atom is -0.465 e. The minimum atomic E-state index is -1.20. The summed E-state index contributed by atoms with van der Waals surface area (Å²) in [7, 11) is 3.34. The van der Waals surface area contributed by atoms with E-state index in [9.17, 15) is 14.4 Å². The third kappa shape index (κ3) is 4.92. The van der Waals surface area contributed by atoms with Gasteiger partial charge in [0.2, 0.25) is 5.91 Å². The number of aromatic nitrogens is 2. The van der Waals surface area contributed by atoms with Crippen molar-refractivity contribution in [1.29, 1.82) is 0 Å². The number of nitrogens with zero attached hydrogens (tertiary/aromatic N) is 3. The van der Waals surface area contributed by atoms with Gasteiger partial charge in [0.1, 0.15) is 0 Å². The Kier molecular flexibility index (Phi) is 6.17. The number of hydrogen-bond acceptors (Lipinski definition) is 5. The monoisotopic (exact) mass is 419 g/mol. The number of halogens is 1. The van der Waals surface area contributed by atoms with Crippen LogP contribution < -0.4 is 10.6 Å². The van der Waals surface area contributed by atoms with Crippen LogP contribution in [-0.4, -0.2) is 64.3 Å². The van der Waals surface area contributed by atoms with Gasteiger partial charge in [-0.15, -0.1) is 10.2 Å². The maximum absolute atomic E-state index is 12.7. The van der Waals surface area contributed by atoms with E-state index in [1.54, 1.807) is 38.4 Å². The largest absolute Gasteiger partial charge is 0.465 e. The zero-order valence-corrected chi connectivity index (χ0v) is 16.8. The van der Waals surface area contributed by atoms with E-state index in [0.717, 1.165) is 5.39 Å². The van der Waals surface area contributed by atoms with Gasteiger partial charge in [0.25, 0.3) is 5.91 Å². The van der Waals surface area contributed by atoms with Crippen LogP contribution in [0.25, 0.3) is 10.9 Å². The first-order chi connectivity index (χ1) is 13.7. The SMILES string of the molecule is CN(C)C(=O)[C@H]1CC[C@H](NC(=O)c2cc3ccc(Cl)cc3nn2)[C@H](NC(=O)O)C1.